The standard InChI is InChI=1S/C23H30N2O2S/c1-16-10-12-17(13-11-16)14-21-23(27)25(19-8-4-5-9-20(19)28-21)15-22(26)24-18-6-2-3-7-18/h10-14,18-20H,2-9,15H2,1H3,(H,24,26)/b21-14+. The van der Waals surface area contributed by atoms with Gasteiger partial charge in [-0.15, -0.1) is 11.8 Å². The Labute approximate surface area is 172 Å². The van der Waals surface area contributed by atoms with Gasteiger partial charge in [0, 0.05) is 17.3 Å². The van der Waals surface area contributed by atoms with Crippen LogP contribution in [0.2, 0.25) is 0 Å². The van der Waals surface area contributed by atoms with Crippen molar-refractivity contribution in [3.05, 3.63) is 40.3 Å². The van der Waals surface area contributed by atoms with E-state index >= 15 is 0 Å². The Hall–Kier alpha value is -1.75. The van der Waals surface area contributed by atoms with E-state index < -0.39 is 0 Å². The van der Waals surface area contributed by atoms with E-state index in [-0.39, 0.29) is 24.4 Å². The number of rotatable bonds is 4. The molecule has 0 spiro atoms. The minimum absolute atomic E-state index is 0.00570. The number of benzene rings is 1. The molecule has 2 amide bonds. The van der Waals surface area contributed by atoms with Gasteiger partial charge in [-0.1, -0.05) is 55.5 Å². The Bertz CT molecular complexity index is 752. The van der Waals surface area contributed by atoms with Crippen LogP contribution in [0.5, 0.6) is 0 Å². The van der Waals surface area contributed by atoms with Crippen molar-refractivity contribution in [1.29, 1.82) is 0 Å². The molecule has 1 aromatic carbocycles. The van der Waals surface area contributed by atoms with Gasteiger partial charge in [0.05, 0.1) is 4.91 Å². The van der Waals surface area contributed by atoms with Crippen LogP contribution >= 0.6 is 11.8 Å². The second-order valence-corrected chi connectivity index (χ2v) is 9.69. The summed E-state index contributed by atoms with van der Waals surface area (Å²) < 4.78 is 0. The first kappa shape index (κ1) is 19.6. The lowest BCUT2D eigenvalue weighted by Gasteiger charge is -2.44. The lowest BCUT2D eigenvalue weighted by atomic mass is 9.93. The molecule has 150 valence electrons. The predicted molar refractivity (Wildman–Crippen MR) is 115 cm³/mol. The third kappa shape index (κ3) is 4.45. The van der Waals surface area contributed by atoms with E-state index in [1.807, 2.05) is 11.0 Å². The quantitative estimate of drug-likeness (QED) is 0.770. The monoisotopic (exact) mass is 398 g/mol. The van der Waals surface area contributed by atoms with Gasteiger partial charge in [-0.05, 0) is 44.2 Å². The Morgan fingerprint density at radius 2 is 1.79 bits per heavy atom. The van der Waals surface area contributed by atoms with Crippen LogP contribution < -0.4 is 5.32 Å². The molecule has 2 atom stereocenters. The van der Waals surface area contributed by atoms with Crippen molar-refractivity contribution in [2.45, 2.75) is 75.6 Å². The van der Waals surface area contributed by atoms with Gasteiger partial charge in [0.25, 0.3) is 5.91 Å². The first-order valence-electron chi connectivity index (χ1n) is 10.7. The van der Waals surface area contributed by atoms with Crippen LogP contribution in [0.15, 0.2) is 29.2 Å². The molecule has 0 bridgehead atoms. The third-order valence-corrected chi connectivity index (χ3v) is 7.63. The fourth-order valence-electron chi connectivity index (χ4n) is 4.67. The van der Waals surface area contributed by atoms with E-state index in [1.165, 1.54) is 24.8 Å². The molecular weight excluding hydrogens is 368 g/mol. The Morgan fingerprint density at radius 1 is 1.11 bits per heavy atom. The summed E-state index contributed by atoms with van der Waals surface area (Å²) in [6, 6.07) is 8.74. The normalized spacial score (nSPS) is 27.1. The molecule has 1 aliphatic heterocycles. The van der Waals surface area contributed by atoms with Gasteiger partial charge < -0.3 is 10.2 Å². The van der Waals surface area contributed by atoms with Crippen LogP contribution in [-0.4, -0.2) is 40.6 Å². The highest BCUT2D eigenvalue weighted by Crippen LogP contribution is 2.42. The van der Waals surface area contributed by atoms with Gasteiger partial charge in [-0.25, -0.2) is 0 Å². The molecule has 2 saturated carbocycles. The predicted octanol–water partition coefficient (Wildman–Crippen LogP) is 4.28. The number of hydrogen-bond acceptors (Lipinski definition) is 3. The number of carbonyl (C=O) groups excluding carboxylic acids is 2. The molecule has 0 radical (unpaired) electrons. The van der Waals surface area contributed by atoms with E-state index in [0.717, 1.165) is 42.6 Å². The Balaban J connectivity index is 1.52. The summed E-state index contributed by atoms with van der Waals surface area (Å²) in [7, 11) is 0. The molecule has 0 aromatic heterocycles. The topological polar surface area (TPSA) is 49.4 Å². The first-order chi connectivity index (χ1) is 13.6. The van der Waals surface area contributed by atoms with Crippen LogP contribution in [0.25, 0.3) is 6.08 Å². The Morgan fingerprint density at radius 3 is 2.54 bits per heavy atom. The highest BCUT2D eigenvalue weighted by molar-refractivity contribution is 8.04. The number of fused-ring (bicyclic) bond motifs is 1. The fourth-order valence-corrected chi connectivity index (χ4v) is 6.15. The summed E-state index contributed by atoms with van der Waals surface area (Å²) in [6.07, 6.45) is 11.0. The average molecular weight is 399 g/mol. The molecule has 1 N–H and O–H groups in total. The zero-order chi connectivity index (χ0) is 19.5. The van der Waals surface area contributed by atoms with Gasteiger partial charge in [0.2, 0.25) is 5.91 Å². The number of hydrogen-bond donors (Lipinski definition) is 1. The maximum Gasteiger partial charge on any atom is 0.261 e. The molecule has 1 aromatic rings. The van der Waals surface area contributed by atoms with Crippen molar-refractivity contribution in [1.82, 2.24) is 10.2 Å². The van der Waals surface area contributed by atoms with Crippen molar-refractivity contribution < 1.29 is 9.59 Å². The van der Waals surface area contributed by atoms with Crippen molar-refractivity contribution in [3.8, 4) is 0 Å². The molecule has 2 aliphatic carbocycles. The third-order valence-electron chi connectivity index (χ3n) is 6.23. The smallest absolute Gasteiger partial charge is 0.261 e. The van der Waals surface area contributed by atoms with Crippen LogP contribution in [0.4, 0.5) is 0 Å². The highest BCUT2D eigenvalue weighted by Gasteiger charge is 2.41. The van der Waals surface area contributed by atoms with Crippen LogP contribution in [0.3, 0.4) is 0 Å². The number of thioether (sulfide) groups is 1. The number of amides is 2. The molecule has 5 heteroatoms. The van der Waals surface area contributed by atoms with E-state index in [4.69, 9.17) is 0 Å². The summed E-state index contributed by atoms with van der Waals surface area (Å²) in [5.41, 5.74) is 2.26. The fraction of sp³-hybridized carbons (Fsp3) is 0.565. The second-order valence-electron chi connectivity index (χ2n) is 8.41. The molecule has 3 fully saturated rings. The van der Waals surface area contributed by atoms with Crippen LogP contribution in [0, 0.1) is 6.92 Å². The van der Waals surface area contributed by atoms with Crippen molar-refractivity contribution in [2.75, 3.05) is 6.54 Å². The van der Waals surface area contributed by atoms with Gasteiger partial charge in [-0.2, -0.15) is 0 Å². The van der Waals surface area contributed by atoms with Crippen molar-refractivity contribution in [2.24, 2.45) is 0 Å². The van der Waals surface area contributed by atoms with Crippen LogP contribution in [0.1, 0.15) is 62.5 Å². The molecular formula is C23H30N2O2S. The number of nitrogens with zero attached hydrogens (tertiary/aromatic N) is 1. The summed E-state index contributed by atoms with van der Waals surface area (Å²) in [6.45, 7) is 2.26. The maximum atomic E-state index is 13.3. The van der Waals surface area contributed by atoms with Crippen LogP contribution in [-0.2, 0) is 9.59 Å². The zero-order valence-corrected chi connectivity index (χ0v) is 17.5. The molecule has 1 heterocycles. The highest BCUT2D eigenvalue weighted by atomic mass is 32.2. The number of aryl methyl sites for hydroxylation is 1. The SMILES string of the molecule is Cc1ccc(/C=C2/SC3CCCCC3N(CC(=O)NC3CCCC3)C2=O)cc1. The molecule has 28 heavy (non-hydrogen) atoms. The number of nitrogens with one attached hydrogen (secondary N) is 1. The average Bonchev–Trinajstić information content (AvgIpc) is 3.19. The summed E-state index contributed by atoms with van der Waals surface area (Å²) >= 11 is 1.72. The molecule has 2 unspecified atom stereocenters. The number of carbonyl (C=O) groups is 2. The minimum atomic E-state index is 0.00570. The van der Waals surface area contributed by atoms with E-state index in [1.54, 1.807) is 11.8 Å². The lowest BCUT2D eigenvalue weighted by Crippen LogP contribution is -2.55. The summed E-state index contributed by atoms with van der Waals surface area (Å²) in [5.74, 6) is 0.0291. The molecule has 3 aliphatic rings. The second kappa shape index (κ2) is 8.73. The van der Waals surface area contributed by atoms with E-state index in [0.29, 0.717) is 11.3 Å². The minimum Gasteiger partial charge on any atom is -0.352 e. The van der Waals surface area contributed by atoms with Gasteiger partial charge in [0.15, 0.2) is 0 Å². The lowest BCUT2D eigenvalue weighted by molar-refractivity contribution is -0.135. The molecule has 4 nitrogen and oxygen atoms in total. The first-order valence-corrected chi connectivity index (χ1v) is 11.5. The maximum absolute atomic E-state index is 13.3. The van der Waals surface area contributed by atoms with Crippen molar-refractivity contribution >= 4 is 29.7 Å². The largest absolute Gasteiger partial charge is 0.352 e. The van der Waals surface area contributed by atoms with Gasteiger partial charge in [0.1, 0.15) is 6.54 Å². The molecule has 4 rings (SSSR count). The summed E-state index contributed by atoms with van der Waals surface area (Å²) in [5, 5.41) is 3.56. The van der Waals surface area contributed by atoms with Crippen molar-refractivity contribution in [3.63, 3.8) is 0 Å². The zero-order valence-electron chi connectivity index (χ0n) is 16.7. The van der Waals surface area contributed by atoms with Gasteiger partial charge in [-0.3, -0.25) is 9.59 Å². The summed E-state index contributed by atoms with van der Waals surface area (Å²) in [4.78, 5) is 28.6. The molecule has 1 saturated heterocycles. The van der Waals surface area contributed by atoms with E-state index in [9.17, 15) is 9.59 Å². The van der Waals surface area contributed by atoms with Gasteiger partial charge >= 0.3 is 0 Å². The Kier molecular flexibility index (Phi) is 6.10. The van der Waals surface area contributed by atoms with E-state index in [2.05, 4.69) is 36.5 Å².